The van der Waals surface area contributed by atoms with Gasteiger partial charge >= 0.3 is 30.9 Å². The Labute approximate surface area is 391 Å². The Balaban J connectivity index is 0.0000141. The molecule has 1 aliphatic heterocycles. The van der Waals surface area contributed by atoms with Crippen LogP contribution < -0.4 is 29.5 Å². The van der Waals surface area contributed by atoms with Gasteiger partial charge in [0.05, 0.1) is 36.6 Å². The summed E-state index contributed by atoms with van der Waals surface area (Å²) < 4.78 is 17.4. The van der Waals surface area contributed by atoms with Crippen molar-refractivity contribution >= 4 is 41.4 Å². The average molecular weight is 887 g/mol. The minimum Gasteiger partial charge on any atom is -0.699 e. The van der Waals surface area contributed by atoms with Crippen molar-refractivity contribution in [2.45, 2.75) is 130 Å². The van der Waals surface area contributed by atoms with Crippen LogP contribution >= 0.6 is 0 Å². The number of nitrogens with zero attached hydrogens (tertiary/aromatic N) is 3. The van der Waals surface area contributed by atoms with Crippen LogP contribution in [0, 0.1) is 23.7 Å². The predicted molar refractivity (Wildman–Crippen MR) is 240 cm³/mol. The Morgan fingerprint density at radius 2 is 1.47 bits per heavy atom. The molecule has 0 saturated carbocycles. The molecule has 1 unspecified atom stereocenters. The summed E-state index contributed by atoms with van der Waals surface area (Å²) in [6.07, 6.45) is -0.279. The van der Waals surface area contributed by atoms with E-state index in [1.165, 1.54) is 26.2 Å². The number of nitrogens with one attached hydrogen (secondary N) is 3. The zero-order valence-electron chi connectivity index (χ0n) is 40.0. The number of carboxylic acid groups (broad SMARTS) is 1. The molecular formula is C47H71LiN6O10. The maximum Gasteiger partial charge on any atom is 1.00 e. The molecule has 0 aliphatic carbocycles. The van der Waals surface area contributed by atoms with Crippen LogP contribution in [-0.2, 0) is 51.2 Å². The summed E-state index contributed by atoms with van der Waals surface area (Å²) in [4.78, 5) is 86.2. The number of hydrogen-bond acceptors (Lipinski definition) is 9. The van der Waals surface area contributed by atoms with Crippen molar-refractivity contribution in [3.8, 4) is 0 Å². The Morgan fingerprint density at radius 1 is 0.844 bits per heavy atom. The van der Waals surface area contributed by atoms with Crippen LogP contribution in [0.1, 0.15) is 85.3 Å². The van der Waals surface area contributed by atoms with Crippen molar-refractivity contribution < 1.29 is 66.9 Å². The molecule has 9 atom stereocenters. The van der Waals surface area contributed by atoms with Crippen LogP contribution in [-0.4, -0.2) is 133 Å². The normalized spacial score (nSPS) is 17.5. The molecule has 64 heavy (non-hydrogen) atoms. The number of benzene rings is 2. The standard InChI is InChI=1S/C47H71N6O10.Li/c1-12-30(6)41(51(8)45(57)39(28(2)3)50-44(56)40(29(4)5)52(9)47(60)63-27-33-20-22-34(48)23-21-33)37(61-10)26-38(54)53-24-16-19-36(53)42(62-11)31(7)43(55)49-35(46(58)59)25-32-17-14-13-15-18-32;/h13-15,17-18,20-23,28-31,35-37,39-42,48H,12,16,19,24-27H2,1-11H3,(H,49,55)(H,50,56)(H,58,59);/q-1;+1/t30-,31+,35?,36-,37+,39-,40-,41-,42+;/m0./s1. The zero-order chi connectivity index (χ0) is 47.1. The molecule has 17 heteroatoms. The van der Waals surface area contributed by atoms with Crippen molar-refractivity contribution in [2.75, 3.05) is 34.9 Å². The Kier molecular flexibility index (Phi) is 22.9. The van der Waals surface area contributed by atoms with E-state index >= 15 is 0 Å². The molecule has 5 amide bonds. The van der Waals surface area contributed by atoms with E-state index in [0.29, 0.717) is 37.1 Å². The van der Waals surface area contributed by atoms with Gasteiger partial charge in [-0.05, 0) is 41.7 Å². The summed E-state index contributed by atoms with van der Waals surface area (Å²) in [5.41, 5.74) is 9.46. The summed E-state index contributed by atoms with van der Waals surface area (Å²) in [6.45, 7) is 13.3. The van der Waals surface area contributed by atoms with Gasteiger partial charge in [-0.2, -0.15) is 0 Å². The fourth-order valence-corrected chi connectivity index (χ4v) is 8.52. The van der Waals surface area contributed by atoms with Gasteiger partial charge in [-0.25, -0.2) is 9.59 Å². The maximum atomic E-state index is 14.5. The number of amides is 5. The number of carbonyl (C=O) groups is 6. The molecule has 1 aliphatic rings. The SMILES string of the molecule is CC[C@H](C)[C@@H]([C@@H](CC(=O)N1CCC[C@H]1[C@H](OC)[C@@H](C)C(=O)NC(Cc1ccccc1)C(=O)O)OC)N(C)C(=O)[C@@H](NC(=O)[C@H](C(C)C)N(C)C(=O)OCc1ccc([NH-])cc1)C(C)C.[Li+]. The first kappa shape index (κ1) is 55.5. The van der Waals surface area contributed by atoms with Gasteiger partial charge in [-0.15, -0.1) is 5.69 Å². The van der Waals surface area contributed by atoms with Crippen molar-refractivity contribution in [3.05, 3.63) is 71.5 Å². The van der Waals surface area contributed by atoms with Crippen LogP contribution in [0.2, 0.25) is 0 Å². The molecule has 0 radical (unpaired) electrons. The molecule has 0 bridgehead atoms. The third-order valence-corrected chi connectivity index (χ3v) is 12.3. The predicted octanol–water partition coefficient (Wildman–Crippen LogP) is 2.84. The number of ether oxygens (including phenoxy) is 3. The number of likely N-dealkylation sites (N-methyl/N-ethyl adjacent to an activating group) is 2. The first-order valence-electron chi connectivity index (χ1n) is 22.0. The Morgan fingerprint density at radius 3 is 2.00 bits per heavy atom. The van der Waals surface area contributed by atoms with Crippen molar-refractivity contribution in [2.24, 2.45) is 23.7 Å². The first-order chi connectivity index (χ1) is 29.8. The van der Waals surface area contributed by atoms with E-state index < -0.39 is 72.2 Å². The summed E-state index contributed by atoms with van der Waals surface area (Å²) >= 11 is 0. The third-order valence-electron chi connectivity index (χ3n) is 12.3. The van der Waals surface area contributed by atoms with Crippen LogP contribution in [0.15, 0.2) is 54.6 Å². The summed E-state index contributed by atoms with van der Waals surface area (Å²) in [5, 5.41) is 15.5. The second-order valence-electron chi connectivity index (χ2n) is 17.5. The molecular weight excluding hydrogens is 815 g/mol. The Hall–Kier alpha value is -4.62. The van der Waals surface area contributed by atoms with Gasteiger partial charge in [0, 0.05) is 41.3 Å². The molecule has 1 heterocycles. The molecule has 1 fully saturated rings. The average Bonchev–Trinajstić information content (AvgIpc) is 3.74. The van der Waals surface area contributed by atoms with Gasteiger partial charge in [0.25, 0.3) is 0 Å². The van der Waals surface area contributed by atoms with Gasteiger partial charge in [-0.1, -0.05) is 109 Å². The number of carboxylic acids is 1. The van der Waals surface area contributed by atoms with E-state index in [-0.39, 0.29) is 67.9 Å². The summed E-state index contributed by atoms with van der Waals surface area (Å²) in [6, 6.07) is 11.4. The quantitative estimate of drug-likeness (QED) is 0.139. The van der Waals surface area contributed by atoms with Gasteiger partial charge < -0.3 is 45.5 Å². The van der Waals surface area contributed by atoms with E-state index in [0.717, 1.165) is 5.56 Å². The van der Waals surface area contributed by atoms with Gasteiger partial charge in [0.15, 0.2) is 0 Å². The summed E-state index contributed by atoms with van der Waals surface area (Å²) in [7, 11) is 6.11. The minimum absolute atomic E-state index is 0. The van der Waals surface area contributed by atoms with E-state index in [1.54, 1.807) is 86.1 Å². The fourth-order valence-electron chi connectivity index (χ4n) is 8.52. The van der Waals surface area contributed by atoms with Gasteiger partial charge in [0.1, 0.15) is 24.7 Å². The molecule has 16 nitrogen and oxygen atoms in total. The number of hydrogen-bond donors (Lipinski definition) is 3. The first-order valence-corrected chi connectivity index (χ1v) is 22.0. The zero-order valence-corrected chi connectivity index (χ0v) is 40.0. The molecule has 0 aromatic heterocycles. The van der Waals surface area contributed by atoms with Crippen molar-refractivity contribution in [1.29, 1.82) is 0 Å². The van der Waals surface area contributed by atoms with E-state index in [1.807, 2.05) is 33.8 Å². The van der Waals surface area contributed by atoms with E-state index in [4.69, 9.17) is 19.9 Å². The monoisotopic (exact) mass is 887 g/mol. The molecule has 4 N–H and O–H groups in total. The van der Waals surface area contributed by atoms with Gasteiger partial charge in [0.2, 0.25) is 23.6 Å². The molecule has 2 aromatic rings. The molecule has 350 valence electrons. The number of aliphatic carboxylic acids is 1. The van der Waals surface area contributed by atoms with Crippen LogP contribution in [0.5, 0.6) is 0 Å². The summed E-state index contributed by atoms with van der Waals surface area (Å²) in [5.74, 6) is -4.42. The maximum absolute atomic E-state index is 14.5. The van der Waals surface area contributed by atoms with Crippen LogP contribution in [0.4, 0.5) is 10.5 Å². The van der Waals surface area contributed by atoms with Crippen LogP contribution in [0.25, 0.3) is 5.73 Å². The van der Waals surface area contributed by atoms with Crippen molar-refractivity contribution in [3.63, 3.8) is 0 Å². The number of rotatable bonds is 23. The topological polar surface area (TPSA) is 208 Å². The smallest absolute Gasteiger partial charge is 0.699 e. The molecule has 2 aromatic carbocycles. The van der Waals surface area contributed by atoms with E-state index in [2.05, 4.69) is 10.6 Å². The molecule has 1 saturated heterocycles. The van der Waals surface area contributed by atoms with E-state index in [9.17, 15) is 33.9 Å². The second-order valence-corrected chi connectivity index (χ2v) is 17.5. The third kappa shape index (κ3) is 15.0. The second kappa shape index (κ2) is 26.4. The Bertz CT molecular complexity index is 1820. The fraction of sp³-hybridized carbons (Fsp3) is 0.617. The molecule has 0 spiro atoms. The minimum atomic E-state index is -1.16. The number of methoxy groups -OCH3 is 2. The van der Waals surface area contributed by atoms with Crippen LogP contribution in [0.3, 0.4) is 0 Å². The molecule has 3 rings (SSSR count). The van der Waals surface area contributed by atoms with Crippen molar-refractivity contribution in [1.82, 2.24) is 25.3 Å². The largest absolute Gasteiger partial charge is 1.00 e. The van der Waals surface area contributed by atoms with Gasteiger partial charge in [-0.3, -0.25) is 24.1 Å². The number of likely N-dealkylation sites (tertiary alicyclic amines) is 1. The number of carbonyl (C=O) groups excluding carboxylic acids is 5.